The summed E-state index contributed by atoms with van der Waals surface area (Å²) in [5.74, 6) is -0.0127. The van der Waals surface area contributed by atoms with Crippen LogP contribution in [0, 0.1) is 10.1 Å². The Morgan fingerprint density at radius 2 is 1.94 bits per heavy atom. The average molecular weight is 222 g/mol. The maximum Gasteiger partial charge on any atom is 0.362 e. The van der Waals surface area contributed by atoms with Gasteiger partial charge < -0.3 is 0 Å². The van der Waals surface area contributed by atoms with Crippen LogP contribution >= 0.6 is 0 Å². The molecular formula is C9H12N5O2+. The smallest absolute Gasteiger partial charge is 0.289 e. The van der Waals surface area contributed by atoms with Gasteiger partial charge in [0, 0.05) is 12.1 Å². The number of hydrazone groups is 1. The van der Waals surface area contributed by atoms with Crippen molar-refractivity contribution in [2.75, 3.05) is 0 Å². The van der Waals surface area contributed by atoms with Crippen LogP contribution in [0.25, 0.3) is 0 Å². The molecule has 1 rings (SSSR count). The minimum atomic E-state index is -0.458. The summed E-state index contributed by atoms with van der Waals surface area (Å²) in [5.41, 5.74) is 11.8. The molecule has 7 heteroatoms. The van der Waals surface area contributed by atoms with E-state index in [-0.39, 0.29) is 11.6 Å². The van der Waals surface area contributed by atoms with Crippen LogP contribution in [-0.2, 0) is 0 Å². The molecule has 0 unspecified atom stereocenters. The van der Waals surface area contributed by atoms with Crippen molar-refractivity contribution in [3.8, 4) is 0 Å². The normalized spacial score (nSPS) is 10.9. The molecule has 0 aliphatic heterocycles. The summed E-state index contributed by atoms with van der Waals surface area (Å²) in [6.45, 7) is 1.73. The Balaban J connectivity index is 2.94. The molecule has 0 atom stereocenters. The third-order valence-corrected chi connectivity index (χ3v) is 1.85. The van der Waals surface area contributed by atoms with E-state index < -0.39 is 4.92 Å². The molecule has 0 fully saturated rings. The van der Waals surface area contributed by atoms with Gasteiger partial charge in [-0.2, -0.15) is 5.10 Å². The van der Waals surface area contributed by atoms with Crippen LogP contribution in [0.4, 0.5) is 5.69 Å². The van der Waals surface area contributed by atoms with Crippen LogP contribution in [0.2, 0.25) is 0 Å². The molecule has 0 aliphatic carbocycles. The predicted molar refractivity (Wildman–Crippen MR) is 59.7 cm³/mol. The number of nitro groups is 1. The number of nitrogens with two attached hydrogens (primary N) is 2. The molecule has 84 valence electrons. The summed E-state index contributed by atoms with van der Waals surface area (Å²) < 4.78 is 0. The summed E-state index contributed by atoms with van der Waals surface area (Å²) in [7, 11) is 0. The first kappa shape index (κ1) is 11.6. The Bertz CT molecular complexity index is 445. The van der Waals surface area contributed by atoms with Gasteiger partial charge in [-0.25, -0.2) is 0 Å². The fourth-order valence-corrected chi connectivity index (χ4v) is 1.04. The number of nitrogens with one attached hydrogen (secondary N) is 1. The second-order valence-corrected chi connectivity index (χ2v) is 3.07. The van der Waals surface area contributed by atoms with Crippen molar-refractivity contribution < 1.29 is 10.0 Å². The van der Waals surface area contributed by atoms with Gasteiger partial charge in [0.15, 0.2) is 0 Å². The topological polar surface area (TPSA) is 122 Å². The largest absolute Gasteiger partial charge is 0.362 e. The standard InChI is InChI=1S/C9H11N5O2/c1-6(12-13-9(10)11)7-2-4-8(5-3-7)14(15)16/h2-5H,1H3,(H4,10,11,13)/p+1/b12-6-. The second kappa shape index (κ2) is 4.87. The van der Waals surface area contributed by atoms with Gasteiger partial charge in [0.1, 0.15) is 0 Å². The molecule has 0 saturated carbocycles. The quantitative estimate of drug-likeness (QED) is 0.254. The van der Waals surface area contributed by atoms with Gasteiger partial charge in [-0.15, -0.1) is 5.10 Å². The van der Waals surface area contributed by atoms with E-state index in [0.29, 0.717) is 5.71 Å². The summed E-state index contributed by atoms with van der Waals surface area (Å²) in [6, 6.07) is 6.02. The van der Waals surface area contributed by atoms with Crippen LogP contribution in [-0.4, -0.2) is 16.6 Å². The van der Waals surface area contributed by atoms with E-state index >= 15 is 0 Å². The van der Waals surface area contributed by atoms with Gasteiger partial charge >= 0.3 is 5.96 Å². The number of non-ortho nitro benzene ring substituents is 1. The molecule has 1 aromatic rings. The molecule has 0 saturated heterocycles. The van der Waals surface area contributed by atoms with Gasteiger partial charge in [0.25, 0.3) is 5.69 Å². The minimum absolute atomic E-state index is 0.0127. The third-order valence-electron chi connectivity index (χ3n) is 1.85. The van der Waals surface area contributed by atoms with Crippen LogP contribution in [0.1, 0.15) is 12.5 Å². The van der Waals surface area contributed by atoms with Gasteiger partial charge in [-0.05, 0) is 24.6 Å². The molecule has 0 aliphatic rings. The van der Waals surface area contributed by atoms with Crippen LogP contribution < -0.4 is 16.6 Å². The van der Waals surface area contributed by atoms with Crippen molar-refractivity contribution in [2.24, 2.45) is 16.6 Å². The Kier molecular flexibility index (Phi) is 3.54. The Labute approximate surface area is 91.6 Å². The van der Waals surface area contributed by atoms with Gasteiger partial charge in [0.2, 0.25) is 0 Å². The van der Waals surface area contributed by atoms with Gasteiger partial charge in [-0.3, -0.25) is 21.6 Å². The van der Waals surface area contributed by atoms with Gasteiger partial charge in [0.05, 0.1) is 10.6 Å². The highest BCUT2D eigenvalue weighted by molar-refractivity contribution is 5.98. The van der Waals surface area contributed by atoms with Crippen LogP contribution in [0.5, 0.6) is 0 Å². The maximum absolute atomic E-state index is 10.4. The van der Waals surface area contributed by atoms with Crippen molar-refractivity contribution in [3.05, 3.63) is 39.9 Å². The van der Waals surface area contributed by atoms with Crippen molar-refractivity contribution in [2.45, 2.75) is 6.92 Å². The zero-order chi connectivity index (χ0) is 12.1. The van der Waals surface area contributed by atoms with E-state index in [1.54, 1.807) is 19.1 Å². The molecule has 0 aromatic heterocycles. The van der Waals surface area contributed by atoms with Crippen molar-refractivity contribution in [1.29, 1.82) is 0 Å². The molecule has 16 heavy (non-hydrogen) atoms. The average Bonchev–Trinajstić information content (AvgIpc) is 2.26. The molecule has 7 nitrogen and oxygen atoms in total. The van der Waals surface area contributed by atoms with Crippen molar-refractivity contribution in [3.63, 3.8) is 0 Å². The number of guanidine groups is 1. The lowest BCUT2D eigenvalue weighted by Crippen LogP contribution is -2.72. The fraction of sp³-hybridized carbons (Fsp3) is 0.111. The number of hydrogen-bond acceptors (Lipinski definition) is 3. The van der Waals surface area contributed by atoms with E-state index in [0.717, 1.165) is 5.56 Å². The first-order valence-corrected chi connectivity index (χ1v) is 4.43. The monoisotopic (exact) mass is 222 g/mol. The highest BCUT2D eigenvalue weighted by Crippen LogP contribution is 2.11. The number of nitro benzene ring substituents is 1. The Morgan fingerprint density at radius 1 is 1.38 bits per heavy atom. The third kappa shape index (κ3) is 3.05. The lowest BCUT2D eigenvalue weighted by molar-refractivity contribution is -0.464. The Morgan fingerprint density at radius 3 is 2.38 bits per heavy atom. The highest BCUT2D eigenvalue weighted by Gasteiger charge is 2.05. The minimum Gasteiger partial charge on any atom is -0.289 e. The summed E-state index contributed by atoms with van der Waals surface area (Å²) >= 11 is 0. The zero-order valence-electron chi connectivity index (χ0n) is 8.68. The molecule has 0 bridgehead atoms. The number of nitrogens with zero attached hydrogens (tertiary/aromatic N) is 2. The molecule has 0 heterocycles. The maximum atomic E-state index is 10.4. The molecule has 1 aromatic carbocycles. The summed E-state index contributed by atoms with van der Waals surface area (Å²) in [4.78, 5) is 9.97. The molecule has 0 spiro atoms. The summed E-state index contributed by atoms with van der Waals surface area (Å²) in [6.07, 6.45) is 0. The van der Waals surface area contributed by atoms with E-state index in [4.69, 9.17) is 11.5 Å². The Hall–Kier alpha value is -2.44. The van der Waals surface area contributed by atoms with E-state index in [9.17, 15) is 10.1 Å². The van der Waals surface area contributed by atoms with Gasteiger partial charge in [-0.1, -0.05) is 0 Å². The number of rotatable bonds is 3. The molecular weight excluding hydrogens is 210 g/mol. The first-order chi connectivity index (χ1) is 7.50. The summed E-state index contributed by atoms with van der Waals surface area (Å²) in [5, 5.41) is 16.7. The first-order valence-electron chi connectivity index (χ1n) is 4.43. The van der Waals surface area contributed by atoms with E-state index in [1.807, 2.05) is 0 Å². The van der Waals surface area contributed by atoms with E-state index in [1.165, 1.54) is 12.1 Å². The zero-order valence-corrected chi connectivity index (χ0v) is 8.68. The number of benzene rings is 1. The SMILES string of the molecule is C/C(=N/[NH+]=C(N)N)c1ccc([N+](=O)[O-])cc1. The van der Waals surface area contributed by atoms with Crippen LogP contribution in [0.3, 0.4) is 0 Å². The predicted octanol–water partition coefficient (Wildman–Crippen LogP) is -1.33. The lowest BCUT2D eigenvalue weighted by Gasteiger charge is -1.97. The fourth-order valence-electron chi connectivity index (χ4n) is 1.04. The van der Waals surface area contributed by atoms with E-state index in [2.05, 4.69) is 10.2 Å². The molecule has 0 amide bonds. The highest BCUT2D eigenvalue weighted by atomic mass is 16.6. The van der Waals surface area contributed by atoms with Crippen molar-refractivity contribution >= 4 is 17.4 Å². The second-order valence-electron chi connectivity index (χ2n) is 3.07. The molecule has 0 radical (unpaired) electrons. The lowest BCUT2D eigenvalue weighted by atomic mass is 10.1. The van der Waals surface area contributed by atoms with Crippen LogP contribution in [0.15, 0.2) is 29.4 Å². The van der Waals surface area contributed by atoms with Crippen molar-refractivity contribution in [1.82, 2.24) is 0 Å². The number of hydrogen-bond donors (Lipinski definition) is 3. The molecule has 5 N–H and O–H groups in total.